The molecular formula is C21H27N5O4. The number of anilines is 1. The number of nitrogens with zero attached hydrogens (tertiary/aromatic N) is 5. The Labute approximate surface area is 173 Å². The molecule has 0 aliphatic carbocycles. The number of aryl methyl sites for hydroxylation is 2. The molecule has 0 radical (unpaired) electrons. The molecule has 3 heterocycles. The van der Waals surface area contributed by atoms with Crippen molar-refractivity contribution < 1.29 is 9.84 Å². The summed E-state index contributed by atoms with van der Waals surface area (Å²) in [4.78, 5) is 32.0. The van der Waals surface area contributed by atoms with Crippen LogP contribution in [-0.2, 0) is 20.6 Å². The number of fused-ring (bicyclic) bond motifs is 1. The Balaban J connectivity index is 1.70. The van der Waals surface area contributed by atoms with Gasteiger partial charge < -0.3 is 19.3 Å². The molecule has 1 aliphatic rings. The molecule has 160 valence electrons. The van der Waals surface area contributed by atoms with Crippen molar-refractivity contribution in [2.75, 3.05) is 24.6 Å². The Bertz CT molecular complexity index is 1190. The number of benzene rings is 1. The monoisotopic (exact) mass is 413 g/mol. The summed E-state index contributed by atoms with van der Waals surface area (Å²) in [5, 5.41) is 10.7. The van der Waals surface area contributed by atoms with Gasteiger partial charge in [-0.2, -0.15) is 4.98 Å². The molecule has 0 saturated carbocycles. The van der Waals surface area contributed by atoms with Crippen molar-refractivity contribution in [3.05, 3.63) is 50.7 Å². The molecule has 2 aromatic heterocycles. The molecule has 0 spiro atoms. The maximum Gasteiger partial charge on any atom is 0.332 e. The highest BCUT2D eigenvalue weighted by molar-refractivity contribution is 5.74. The van der Waals surface area contributed by atoms with Crippen molar-refractivity contribution in [2.24, 2.45) is 14.1 Å². The zero-order valence-corrected chi connectivity index (χ0v) is 17.5. The number of aromatic nitrogens is 4. The normalized spacial score (nSPS) is 15.1. The summed E-state index contributed by atoms with van der Waals surface area (Å²) < 4.78 is 9.92. The SMILES string of the molecule is Cc1cccc(OC[C@H](O)Cn2c(N3CCCC3)nc3c2c(=O)n(C)c(=O)n3C)c1. The zero-order valence-electron chi connectivity index (χ0n) is 17.5. The van der Waals surface area contributed by atoms with E-state index in [-0.39, 0.29) is 13.2 Å². The van der Waals surface area contributed by atoms with Gasteiger partial charge in [0.05, 0.1) is 6.54 Å². The van der Waals surface area contributed by atoms with E-state index in [1.54, 1.807) is 11.6 Å². The fourth-order valence-electron chi connectivity index (χ4n) is 3.93. The fraction of sp³-hybridized carbons (Fsp3) is 0.476. The van der Waals surface area contributed by atoms with Gasteiger partial charge in [-0.25, -0.2) is 4.79 Å². The van der Waals surface area contributed by atoms with E-state index in [0.29, 0.717) is 22.9 Å². The molecule has 1 aromatic carbocycles. The standard InChI is InChI=1S/C21H27N5O4/c1-14-7-6-8-16(11-14)30-13-15(27)12-26-17-18(22-20(26)25-9-4-5-10-25)23(2)21(29)24(3)19(17)28/h6-8,11,15,27H,4-5,9-10,12-13H2,1-3H3/t15-/m1/s1. The average molecular weight is 413 g/mol. The van der Waals surface area contributed by atoms with Crippen LogP contribution in [0.4, 0.5) is 5.95 Å². The summed E-state index contributed by atoms with van der Waals surface area (Å²) in [7, 11) is 3.06. The lowest BCUT2D eigenvalue weighted by atomic mass is 10.2. The van der Waals surface area contributed by atoms with Gasteiger partial charge in [0, 0.05) is 27.2 Å². The van der Waals surface area contributed by atoms with Gasteiger partial charge in [-0.15, -0.1) is 0 Å². The van der Waals surface area contributed by atoms with E-state index < -0.39 is 17.4 Å². The van der Waals surface area contributed by atoms with E-state index >= 15 is 0 Å². The third-order valence-electron chi connectivity index (χ3n) is 5.54. The molecule has 1 fully saturated rings. The van der Waals surface area contributed by atoms with Crippen LogP contribution in [0.3, 0.4) is 0 Å². The van der Waals surface area contributed by atoms with Crippen molar-refractivity contribution in [3.63, 3.8) is 0 Å². The van der Waals surface area contributed by atoms with Gasteiger partial charge in [0.15, 0.2) is 11.2 Å². The Kier molecular flexibility index (Phi) is 5.38. The van der Waals surface area contributed by atoms with Crippen molar-refractivity contribution >= 4 is 17.1 Å². The van der Waals surface area contributed by atoms with Crippen molar-refractivity contribution in [1.29, 1.82) is 0 Å². The number of aliphatic hydroxyl groups is 1. The van der Waals surface area contributed by atoms with Gasteiger partial charge in [0.1, 0.15) is 18.5 Å². The Morgan fingerprint density at radius 2 is 1.90 bits per heavy atom. The molecule has 1 atom stereocenters. The fourth-order valence-corrected chi connectivity index (χ4v) is 3.93. The van der Waals surface area contributed by atoms with Gasteiger partial charge >= 0.3 is 5.69 Å². The van der Waals surface area contributed by atoms with Crippen LogP contribution >= 0.6 is 0 Å². The Hall–Kier alpha value is -3.07. The first-order valence-corrected chi connectivity index (χ1v) is 10.2. The summed E-state index contributed by atoms with van der Waals surface area (Å²) in [5.74, 6) is 1.29. The molecule has 0 unspecified atom stereocenters. The molecule has 4 rings (SSSR count). The lowest BCUT2D eigenvalue weighted by molar-refractivity contribution is 0.0936. The number of aliphatic hydroxyl groups excluding tert-OH is 1. The molecule has 3 aromatic rings. The second-order valence-corrected chi connectivity index (χ2v) is 7.88. The average Bonchev–Trinajstić information content (AvgIpc) is 3.37. The van der Waals surface area contributed by atoms with E-state index in [4.69, 9.17) is 4.74 Å². The Morgan fingerprint density at radius 1 is 1.17 bits per heavy atom. The predicted molar refractivity (Wildman–Crippen MR) is 114 cm³/mol. The topological polar surface area (TPSA) is 94.5 Å². The molecule has 9 heteroatoms. The molecule has 1 N–H and O–H groups in total. The van der Waals surface area contributed by atoms with E-state index in [1.807, 2.05) is 31.2 Å². The second kappa shape index (κ2) is 7.98. The van der Waals surface area contributed by atoms with E-state index in [1.165, 1.54) is 11.6 Å². The summed E-state index contributed by atoms with van der Waals surface area (Å²) in [6.07, 6.45) is 1.23. The number of imidazole rings is 1. The van der Waals surface area contributed by atoms with Crippen LogP contribution < -0.4 is 20.9 Å². The molecule has 1 saturated heterocycles. The molecule has 9 nitrogen and oxygen atoms in total. The van der Waals surface area contributed by atoms with Gasteiger partial charge in [0.25, 0.3) is 5.56 Å². The number of rotatable bonds is 6. The molecule has 30 heavy (non-hydrogen) atoms. The van der Waals surface area contributed by atoms with Crippen LogP contribution in [0, 0.1) is 6.92 Å². The zero-order chi connectivity index (χ0) is 21.4. The van der Waals surface area contributed by atoms with Gasteiger partial charge in [-0.1, -0.05) is 12.1 Å². The highest BCUT2D eigenvalue weighted by Gasteiger charge is 2.25. The first kappa shape index (κ1) is 20.2. The van der Waals surface area contributed by atoms with Crippen LogP contribution in [0.25, 0.3) is 11.2 Å². The largest absolute Gasteiger partial charge is 0.491 e. The number of ether oxygens (including phenoxy) is 1. The minimum atomic E-state index is -0.855. The first-order valence-electron chi connectivity index (χ1n) is 10.2. The van der Waals surface area contributed by atoms with E-state index in [2.05, 4.69) is 9.88 Å². The summed E-state index contributed by atoms with van der Waals surface area (Å²) in [5.41, 5.74) is 0.877. The number of hydrogen-bond donors (Lipinski definition) is 1. The summed E-state index contributed by atoms with van der Waals surface area (Å²) >= 11 is 0. The quantitative estimate of drug-likeness (QED) is 0.642. The highest BCUT2D eigenvalue weighted by Crippen LogP contribution is 2.24. The maximum absolute atomic E-state index is 12.9. The van der Waals surface area contributed by atoms with Crippen molar-refractivity contribution in [2.45, 2.75) is 32.4 Å². The van der Waals surface area contributed by atoms with Crippen LogP contribution in [0.5, 0.6) is 5.75 Å². The van der Waals surface area contributed by atoms with Crippen molar-refractivity contribution in [1.82, 2.24) is 18.7 Å². The third kappa shape index (κ3) is 3.60. The lowest BCUT2D eigenvalue weighted by Crippen LogP contribution is -2.38. The predicted octanol–water partition coefficient (Wildman–Crippen LogP) is 0.782. The smallest absolute Gasteiger partial charge is 0.332 e. The maximum atomic E-state index is 12.9. The van der Waals surface area contributed by atoms with Crippen molar-refractivity contribution in [3.8, 4) is 5.75 Å². The molecule has 0 bridgehead atoms. The minimum absolute atomic E-state index is 0.0780. The van der Waals surface area contributed by atoms with Gasteiger partial charge in [0.2, 0.25) is 5.95 Å². The van der Waals surface area contributed by atoms with Gasteiger partial charge in [-0.3, -0.25) is 13.9 Å². The molecule has 1 aliphatic heterocycles. The number of hydrogen-bond acceptors (Lipinski definition) is 6. The van der Waals surface area contributed by atoms with Gasteiger partial charge in [-0.05, 0) is 37.5 Å². The van der Waals surface area contributed by atoms with Crippen LogP contribution in [0.1, 0.15) is 18.4 Å². The van der Waals surface area contributed by atoms with Crippen LogP contribution in [-0.4, -0.2) is 49.6 Å². The third-order valence-corrected chi connectivity index (χ3v) is 5.54. The first-order chi connectivity index (χ1) is 14.4. The van der Waals surface area contributed by atoms with E-state index in [9.17, 15) is 14.7 Å². The molecular weight excluding hydrogens is 386 g/mol. The summed E-state index contributed by atoms with van der Waals surface area (Å²) in [6, 6.07) is 7.62. The van der Waals surface area contributed by atoms with E-state index in [0.717, 1.165) is 36.1 Å². The second-order valence-electron chi connectivity index (χ2n) is 7.88. The highest BCUT2D eigenvalue weighted by atomic mass is 16.5. The van der Waals surface area contributed by atoms with Crippen LogP contribution in [0.2, 0.25) is 0 Å². The van der Waals surface area contributed by atoms with Crippen LogP contribution in [0.15, 0.2) is 33.9 Å². The Morgan fingerprint density at radius 3 is 2.60 bits per heavy atom. The molecule has 0 amide bonds. The summed E-state index contributed by atoms with van der Waals surface area (Å²) in [6.45, 7) is 3.85. The minimum Gasteiger partial charge on any atom is -0.491 e. The lowest BCUT2D eigenvalue weighted by Gasteiger charge is -2.20.